The molecule has 2 saturated heterocycles. The zero-order valence-corrected chi connectivity index (χ0v) is 15.2. The van der Waals surface area contributed by atoms with Crippen LogP contribution in [0.3, 0.4) is 0 Å². The van der Waals surface area contributed by atoms with Crippen LogP contribution in [0.2, 0.25) is 0 Å². The second kappa shape index (κ2) is 6.14. The molecule has 3 amide bonds. The lowest BCUT2D eigenvalue weighted by molar-refractivity contribution is -0.136. The van der Waals surface area contributed by atoms with Gasteiger partial charge in [0.05, 0.1) is 0 Å². The molecule has 3 atom stereocenters. The maximum absolute atomic E-state index is 12.8. The standard InChI is InChI=1S/C20H24N4O3/c25-17-5-4-16(18(26)23-17)24-9-15-12(2-1-3-14(15)19(24)27)7-21-10-20-6-13(20)8-22-11-20/h1-3,13,16,21-22H,4-11H2,(H,23,25,26). The Kier molecular flexibility index (Phi) is 3.84. The second-order valence-electron chi connectivity index (χ2n) is 8.34. The molecule has 5 rings (SSSR count). The van der Waals surface area contributed by atoms with Crippen LogP contribution >= 0.6 is 0 Å². The van der Waals surface area contributed by atoms with Crippen LogP contribution in [0.25, 0.3) is 0 Å². The van der Waals surface area contributed by atoms with E-state index in [-0.39, 0.29) is 24.1 Å². The van der Waals surface area contributed by atoms with Crippen molar-refractivity contribution in [1.29, 1.82) is 0 Å². The number of fused-ring (bicyclic) bond motifs is 2. The van der Waals surface area contributed by atoms with E-state index in [2.05, 4.69) is 22.0 Å². The van der Waals surface area contributed by atoms with E-state index in [9.17, 15) is 14.4 Å². The van der Waals surface area contributed by atoms with Crippen molar-refractivity contribution >= 4 is 17.7 Å². The van der Waals surface area contributed by atoms with Crippen LogP contribution in [0.1, 0.15) is 40.7 Å². The monoisotopic (exact) mass is 368 g/mol. The summed E-state index contributed by atoms with van der Waals surface area (Å²) >= 11 is 0. The SMILES string of the molecule is O=C1CCC(N2Cc3c(CNCC45CNCC4C5)cccc3C2=O)C(=O)N1. The first kappa shape index (κ1) is 16.9. The molecule has 1 aliphatic carbocycles. The summed E-state index contributed by atoms with van der Waals surface area (Å²) in [6.45, 7) is 4.40. The Hall–Kier alpha value is -2.25. The van der Waals surface area contributed by atoms with Crippen LogP contribution in [0.15, 0.2) is 18.2 Å². The van der Waals surface area contributed by atoms with Crippen LogP contribution in [0.5, 0.6) is 0 Å². The minimum atomic E-state index is -0.556. The van der Waals surface area contributed by atoms with Crippen molar-refractivity contribution in [3.8, 4) is 0 Å². The van der Waals surface area contributed by atoms with Crippen LogP contribution in [-0.2, 0) is 22.7 Å². The average molecular weight is 368 g/mol. The molecule has 27 heavy (non-hydrogen) atoms. The molecule has 1 aromatic carbocycles. The van der Waals surface area contributed by atoms with Crippen LogP contribution in [-0.4, -0.2) is 48.3 Å². The highest BCUT2D eigenvalue weighted by Crippen LogP contribution is 2.54. The second-order valence-corrected chi connectivity index (χ2v) is 8.34. The minimum Gasteiger partial charge on any atom is -0.322 e. The van der Waals surface area contributed by atoms with Gasteiger partial charge in [-0.25, -0.2) is 0 Å². The van der Waals surface area contributed by atoms with Gasteiger partial charge in [0.2, 0.25) is 11.8 Å². The number of imide groups is 1. The van der Waals surface area contributed by atoms with E-state index >= 15 is 0 Å². The van der Waals surface area contributed by atoms with Gasteiger partial charge in [-0.3, -0.25) is 19.7 Å². The zero-order chi connectivity index (χ0) is 18.6. The molecule has 7 nitrogen and oxygen atoms in total. The summed E-state index contributed by atoms with van der Waals surface area (Å²) in [5.41, 5.74) is 3.25. The van der Waals surface area contributed by atoms with Crippen molar-refractivity contribution in [3.63, 3.8) is 0 Å². The van der Waals surface area contributed by atoms with Gasteiger partial charge in [-0.1, -0.05) is 12.1 Å². The van der Waals surface area contributed by atoms with Crippen LogP contribution < -0.4 is 16.0 Å². The first-order valence-electron chi connectivity index (χ1n) is 9.74. The van der Waals surface area contributed by atoms with Crippen molar-refractivity contribution in [1.82, 2.24) is 20.9 Å². The van der Waals surface area contributed by atoms with E-state index in [4.69, 9.17) is 0 Å². The summed E-state index contributed by atoms with van der Waals surface area (Å²) < 4.78 is 0. The maximum atomic E-state index is 12.8. The van der Waals surface area contributed by atoms with Gasteiger partial charge >= 0.3 is 0 Å². The normalized spacial score (nSPS) is 31.7. The van der Waals surface area contributed by atoms with Gasteiger partial charge in [-0.05, 0) is 47.9 Å². The molecule has 4 aliphatic rings. The first-order valence-corrected chi connectivity index (χ1v) is 9.74. The molecule has 3 fully saturated rings. The predicted molar refractivity (Wildman–Crippen MR) is 97.6 cm³/mol. The van der Waals surface area contributed by atoms with E-state index in [1.807, 2.05) is 12.1 Å². The van der Waals surface area contributed by atoms with Crippen molar-refractivity contribution < 1.29 is 14.4 Å². The number of rotatable bonds is 5. The number of nitrogens with one attached hydrogen (secondary N) is 3. The molecular weight excluding hydrogens is 344 g/mol. The molecule has 0 bridgehead atoms. The summed E-state index contributed by atoms with van der Waals surface area (Å²) in [6.07, 6.45) is 1.98. The summed E-state index contributed by atoms with van der Waals surface area (Å²) in [7, 11) is 0. The predicted octanol–water partition coefficient (Wildman–Crippen LogP) is 0.147. The highest BCUT2D eigenvalue weighted by molar-refractivity contribution is 6.05. The summed E-state index contributed by atoms with van der Waals surface area (Å²) in [4.78, 5) is 38.1. The number of hydrogen-bond donors (Lipinski definition) is 3. The highest BCUT2D eigenvalue weighted by atomic mass is 16.2. The number of carbonyl (C=O) groups is 3. The summed E-state index contributed by atoms with van der Waals surface area (Å²) in [5, 5.41) is 9.39. The molecule has 142 valence electrons. The molecule has 1 aromatic rings. The Labute approximate surface area is 157 Å². The fourth-order valence-electron chi connectivity index (χ4n) is 4.97. The van der Waals surface area contributed by atoms with Crippen molar-refractivity contribution in [2.24, 2.45) is 11.3 Å². The van der Waals surface area contributed by atoms with Gasteiger partial charge in [-0.15, -0.1) is 0 Å². The molecule has 0 aromatic heterocycles. The van der Waals surface area contributed by atoms with Gasteiger partial charge in [0.15, 0.2) is 0 Å². The maximum Gasteiger partial charge on any atom is 0.255 e. The van der Waals surface area contributed by atoms with E-state index < -0.39 is 6.04 Å². The Morgan fingerprint density at radius 2 is 2.15 bits per heavy atom. The molecule has 3 heterocycles. The van der Waals surface area contributed by atoms with Crippen LogP contribution in [0, 0.1) is 11.3 Å². The number of piperidine rings is 2. The number of nitrogens with zero attached hydrogens (tertiary/aromatic N) is 1. The minimum absolute atomic E-state index is 0.109. The third kappa shape index (κ3) is 2.76. The lowest BCUT2D eigenvalue weighted by Gasteiger charge is -2.29. The Morgan fingerprint density at radius 3 is 2.89 bits per heavy atom. The molecule has 7 heteroatoms. The molecule has 0 radical (unpaired) electrons. The molecule has 1 saturated carbocycles. The van der Waals surface area contributed by atoms with Crippen LogP contribution in [0.4, 0.5) is 0 Å². The molecule has 3 N–H and O–H groups in total. The van der Waals surface area contributed by atoms with E-state index in [1.165, 1.54) is 6.42 Å². The van der Waals surface area contributed by atoms with Gasteiger partial charge in [0.25, 0.3) is 5.91 Å². The van der Waals surface area contributed by atoms with E-state index in [0.717, 1.165) is 43.2 Å². The van der Waals surface area contributed by atoms with Crippen molar-refractivity contribution in [2.45, 2.75) is 38.4 Å². The largest absolute Gasteiger partial charge is 0.322 e. The third-order valence-corrected chi connectivity index (χ3v) is 6.70. The molecule has 3 unspecified atom stereocenters. The lowest BCUT2D eigenvalue weighted by atomic mass is 10.0. The number of hydrogen-bond acceptors (Lipinski definition) is 5. The Morgan fingerprint density at radius 1 is 1.26 bits per heavy atom. The van der Waals surface area contributed by atoms with Gasteiger partial charge in [-0.2, -0.15) is 0 Å². The lowest BCUT2D eigenvalue weighted by Crippen LogP contribution is -2.52. The third-order valence-electron chi connectivity index (χ3n) is 6.70. The van der Waals surface area contributed by atoms with Crippen molar-refractivity contribution in [2.75, 3.05) is 19.6 Å². The number of carbonyl (C=O) groups excluding carboxylic acids is 3. The zero-order valence-electron chi connectivity index (χ0n) is 15.2. The molecule has 0 spiro atoms. The molecular formula is C20H24N4O3. The fraction of sp³-hybridized carbons (Fsp3) is 0.550. The average Bonchev–Trinajstić information content (AvgIpc) is 3.00. The topological polar surface area (TPSA) is 90.5 Å². The Balaban J connectivity index is 1.29. The fourth-order valence-corrected chi connectivity index (χ4v) is 4.97. The summed E-state index contributed by atoms with van der Waals surface area (Å²) in [6, 6.07) is 5.25. The quantitative estimate of drug-likeness (QED) is 0.644. The van der Waals surface area contributed by atoms with Gasteiger partial charge in [0.1, 0.15) is 6.04 Å². The Bertz CT molecular complexity index is 839. The molecule has 3 aliphatic heterocycles. The van der Waals surface area contributed by atoms with E-state index in [1.54, 1.807) is 4.90 Å². The van der Waals surface area contributed by atoms with Crippen molar-refractivity contribution in [3.05, 3.63) is 34.9 Å². The number of amides is 3. The van der Waals surface area contributed by atoms with Gasteiger partial charge in [0, 0.05) is 38.2 Å². The summed E-state index contributed by atoms with van der Waals surface area (Å²) in [5.74, 6) is 0.0856. The van der Waals surface area contributed by atoms with Gasteiger partial charge < -0.3 is 15.5 Å². The highest BCUT2D eigenvalue weighted by Gasteiger charge is 2.56. The van der Waals surface area contributed by atoms with E-state index in [0.29, 0.717) is 23.9 Å². The smallest absolute Gasteiger partial charge is 0.255 e. The number of benzene rings is 1. The first-order chi connectivity index (χ1) is 13.1.